The first kappa shape index (κ1) is 15.3. The Morgan fingerprint density at radius 1 is 1.24 bits per heavy atom. The molecule has 0 aliphatic heterocycles. The maximum Gasteiger partial charge on any atom is 0.416 e. The van der Waals surface area contributed by atoms with Crippen molar-refractivity contribution in [2.45, 2.75) is 44.3 Å². The number of nitrogens with two attached hydrogens (primary N) is 1. The number of rotatable bonds is 3. The normalized spacial score (nSPS) is 29.9. The van der Waals surface area contributed by atoms with Gasteiger partial charge in [-0.1, -0.05) is 28.4 Å². The molecule has 4 unspecified atom stereocenters. The number of halogens is 4. The van der Waals surface area contributed by atoms with Gasteiger partial charge >= 0.3 is 6.18 Å². The molecule has 0 spiro atoms. The number of fused-ring (bicyclic) bond motifs is 2. The predicted octanol–water partition coefficient (Wildman–Crippen LogP) is 5.29. The SMILES string of the molecule is NC(CC1CC2CCC1C2)c1ccc(Br)cc1C(F)(F)F. The van der Waals surface area contributed by atoms with Crippen molar-refractivity contribution in [1.29, 1.82) is 0 Å². The van der Waals surface area contributed by atoms with Gasteiger partial charge in [-0.25, -0.2) is 0 Å². The molecular formula is C16H19BrF3N. The van der Waals surface area contributed by atoms with Crippen molar-refractivity contribution in [3.05, 3.63) is 33.8 Å². The minimum atomic E-state index is -4.36. The predicted molar refractivity (Wildman–Crippen MR) is 79.6 cm³/mol. The van der Waals surface area contributed by atoms with Crippen LogP contribution in [0.4, 0.5) is 13.2 Å². The summed E-state index contributed by atoms with van der Waals surface area (Å²) in [4.78, 5) is 0. The lowest BCUT2D eigenvalue weighted by Crippen LogP contribution is -2.22. The van der Waals surface area contributed by atoms with Crippen LogP contribution >= 0.6 is 15.9 Å². The summed E-state index contributed by atoms with van der Waals surface area (Å²) >= 11 is 3.11. The molecule has 1 nitrogen and oxygen atoms in total. The van der Waals surface area contributed by atoms with Gasteiger partial charge in [0.15, 0.2) is 0 Å². The molecule has 0 saturated heterocycles. The zero-order valence-electron chi connectivity index (χ0n) is 11.7. The van der Waals surface area contributed by atoms with Crippen LogP contribution in [0.15, 0.2) is 22.7 Å². The minimum Gasteiger partial charge on any atom is -0.324 e. The van der Waals surface area contributed by atoms with E-state index in [1.54, 1.807) is 6.07 Å². The average molecular weight is 362 g/mol. The number of benzene rings is 1. The molecule has 4 atom stereocenters. The Morgan fingerprint density at radius 2 is 2.00 bits per heavy atom. The van der Waals surface area contributed by atoms with E-state index in [9.17, 15) is 13.2 Å². The quantitative estimate of drug-likeness (QED) is 0.777. The topological polar surface area (TPSA) is 26.0 Å². The Bertz CT molecular complexity index is 529. The van der Waals surface area contributed by atoms with Gasteiger partial charge in [0, 0.05) is 10.5 Å². The van der Waals surface area contributed by atoms with E-state index in [0.717, 1.165) is 18.4 Å². The van der Waals surface area contributed by atoms with Crippen molar-refractivity contribution in [2.75, 3.05) is 0 Å². The van der Waals surface area contributed by atoms with E-state index >= 15 is 0 Å². The summed E-state index contributed by atoms with van der Waals surface area (Å²) in [7, 11) is 0. The molecule has 2 aliphatic carbocycles. The molecule has 0 radical (unpaired) electrons. The highest BCUT2D eigenvalue weighted by Gasteiger charge is 2.41. The molecule has 3 rings (SSSR count). The van der Waals surface area contributed by atoms with E-state index in [-0.39, 0.29) is 5.56 Å². The third kappa shape index (κ3) is 3.14. The van der Waals surface area contributed by atoms with Crippen molar-refractivity contribution in [2.24, 2.45) is 23.5 Å². The molecule has 0 aromatic heterocycles. The molecule has 2 saturated carbocycles. The van der Waals surface area contributed by atoms with E-state index < -0.39 is 17.8 Å². The van der Waals surface area contributed by atoms with E-state index in [2.05, 4.69) is 15.9 Å². The lowest BCUT2D eigenvalue weighted by molar-refractivity contribution is -0.138. The first-order valence-electron chi connectivity index (χ1n) is 7.47. The number of alkyl halides is 3. The van der Waals surface area contributed by atoms with Crippen molar-refractivity contribution in [1.82, 2.24) is 0 Å². The van der Waals surface area contributed by atoms with Gasteiger partial charge in [0.1, 0.15) is 0 Å². The van der Waals surface area contributed by atoms with E-state index in [1.807, 2.05) is 0 Å². The molecular weight excluding hydrogens is 343 g/mol. The van der Waals surface area contributed by atoms with Gasteiger partial charge in [0.25, 0.3) is 0 Å². The number of hydrogen-bond acceptors (Lipinski definition) is 1. The summed E-state index contributed by atoms with van der Waals surface area (Å²) in [5, 5.41) is 0. The van der Waals surface area contributed by atoms with Crippen LogP contribution in [0, 0.1) is 17.8 Å². The highest BCUT2D eigenvalue weighted by Crippen LogP contribution is 2.51. The van der Waals surface area contributed by atoms with Crippen LogP contribution in [-0.4, -0.2) is 0 Å². The van der Waals surface area contributed by atoms with E-state index in [1.165, 1.54) is 25.3 Å². The van der Waals surface area contributed by atoms with E-state index in [4.69, 9.17) is 5.73 Å². The largest absolute Gasteiger partial charge is 0.416 e. The monoisotopic (exact) mass is 361 g/mol. The smallest absolute Gasteiger partial charge is 0.324 e. The molecule has 21 heavy (non-hydrogen) atoms. The zero-order valence-corrected chi connectivity index (χ0v) is 13.3. The van der Waals surface area contributed by atoms with E-state index in [0.29, 0.717) is 22.7 Å². The summed E-state index contributed by atoms with van der Waals surface area (Å²) in [6.07, 6.45) is 1.24. The van der Waals surface area contributed by atoms with Gasteiger partial charge in [-0.3, -0.25) is 0 Å². The Balaban J connectivity index is 1.79. The molecule has 0 heterocycles. The maximum absolute atomic E-state index is 13.2. The standard InChI is InChI=1S/C16H19BrF3N/c17-12-3-4-13(14(8-12)16(18,19)20)15(21)7-11-6-9-1-2-10(11)5-9/h3-4,8-11,15H,1-2,5-7,21H2. The molecule has 2 fully saturated rings. The van der Waals surface area contributed by atoms with Gasteiger partial charge in [0.2, 0.25) is 0 Å². The van der Waals surface area contributed by atoms with Crippen LogP contribution in [0.1, 0.15) is 49.3 Å². The lowest BCUT2D eigenvalue weighted by atomic mass is 9.82. The summed E-state index contributed by atoms with van der Waals surface area (Å²) in [6.45, 7) is 0. The van der Waals surface area contributed by atoms with Crippen LogP contribution in [0.3, 0.4) is 0 Å². The Hall–Kier alpha value is -0.550. The van der Waals surface area contributed by atoms with Crippen molar-refractivity contribution in [3.8, 4) is 0 Å². The fraction of sp³-hybridized carbons (Fsp3) is 0.625. The Kier molecular flexibility index (Phi) is 4.08. The molecule has 1 aromatic carbocycles. The third-order valence-electron chi connectivity index (χ3n) is 5.16. The Morgan fingerprint density at radius 3 is 2.57 bits per heavy atom. The van der Waals surface area contributed by atoms with Crippen LogP contribution in [0.25, 0.3) is 0 Å². The maximum atomic E-state index is 13.2. The highest BCUT2D eigenvalue weighted by atomic mass is 79.9. The fourth-order valence-corrected chi connectivity index (χ4v) is 4.58. The first-order chi connectivity index (χ1) is 9.84. The second kappa shape index (κ2) is 5.58. The second-order valence-electron chi connectivity index (χ2n) is 6.51. The van der Waals surface area contributed by atoms with Crippen molar-refractivity contribution >= 4 is 15.9 Å². The first-order valence-corrected chi connectivity index (χ1v) is 8.26. The van der Waals surface area contributed by atoms with Crippen LogP contribution in [0.2, 0.25) is 0 Å². The summed E-state index contributed by atoms with van der Waals surface area (Å²) in [6, 6.07) is 3.77. The molecule has 0 amide bonds. The lowest BCUT2D eigenvalue weighted by Gasteiger charge is -2.26. The van der Waals surface area contributed by atoms with Gasteiger partial charge in [-0.15, -0.1) is 0 Å². The van der Waals surface area contributed by atoms with Crippen LogP contribution < -0.4 is 5.73 Å². The van der Waals surface area contributed by atoms with Gasteiger partial charge in [-0.05, 0) is 61.1 Å². The summed E-state index contributed by atoms with van der Waals surface area (Å²) in [5.41, 5.74) is 5.76. The summed E-state index contributed by atoms with van der Waals surface area (Å²) < 4.78 is 40.0. The third-order valence-corrected chi connectivity index (χ3v) is 5.65. The molecule has 2 aliphatic rings. The number of hydrogen-bond donors (Lipinski definition) is 1. The molecule has 2 N–H and O–H groups in total. The summed E-state index contributed by atoms with van der Waals surface area (Å²) in [5.74, 6) is 1.98. The zero-order chi connectivity index (χ0) is 15.2. The minimum absolute atomic E-state index is 0.230. The molecule has 1 aromatic rings. The average Bonchev–Trinajstić information content (AvgIpc) is 2.99. The molecule has 2 bridgehead atoms. The van der Waals surface area contributed by atoms with Crippen molar-refractivity contribution < 1.29 is 13.2 Å². The molecule has 5 heteroatoms. The van der Waals surface area contributed by atoms with Gasteiger partial charge in [0.05, 0.1) is 5.56 Å². The van der Waals surface area contributed by atoms with Crippen LogP contribution in [-0.2, 0) is 6.18 Å². The second-order valence-corrected chi connectivity index (χ2v) is 7.42. The Labute approximate surface area is 131 Å². The van der Waals surface area contributed by atoms with Gasteiger partial charge < -0.3 is 5.73 Å². The van der Waals surface area contributed by atoms with Crippen LogP contribution in [0.5, 0.6) is 0 Å². The van der Waals surface area contributed by atoms with Gasteiger partial charge in [-0.2, -0.15) is 13.2 Å². The molecule has 116 valence electrons. The fourth-order valence-electron chi connectivity index (χ4n) is 4.22. The van der Waals surface area contributed by atoms with Crippen molar-refractivity contribution in [3.63, 3.8) is 0 Å². The highest BCUT2D eigenvalue weighted by molar-refractivity contribution is 9.10.